The molecule has 0 saturated carbocycles. The van der Waals surface area contributed by atoms with Gasteiger partial charge in [-0.15, -0.1) is 21.5 Å². The van der Waals surface area contributed by atoms with Crippen LogP contribution in [0.5, 0.6) is 5.75 Å². The molecule has 1 saturated heterocycles. The average Bonchev–Trinajstić information content (AvgIpc) is 3.46. The number of likely N-dealkylation sites (tertiary alicyclic amines) is 1. The highest BCUT2D eigenvalue weighted by Crippen LogP contribution is 2.28. The second kappa shape index (κ2) is 8.47. The van der Waals surface area contributed by atoms with E-state index in [0.29, 0.717) is 13.0 Å². The first-order valence-corrected chi connectivity index (χ1v) is 11.3. The molecule has 1 fully saturated rings. The number of thiazole rings is 1. The van der Waals surface area contributed by atoms with Crippen LogP contribution in [0.15, 0.2) is 54.0 Å². The number of nitrogens with zero attached hydrogens (tertiary/aromatic N) is 5. The monoisotopic (exact) mass is 433 g/mol. The Balaban J connectivity index is 1.26. The summed E-state index contributed by atoms with van der Waals surface area (Å²) in [6.07, 6.45) is 4.28. The van der Waals surface area contributed by atoms with Crippen molar-refractivity contribution in [3.63, 3.8) is 0 Å². The van der Waals surface area contributed by atoms with Gasteiger partial charge in [0.1, 0.15) is 16.6 Å². The summed E-state index contributed by atoms with van der Waals surface area (Å²) in [7, 11) is 1.65. The summed E-state index contributed by atoms with van der Waals surface area (Å²) in [5.74, 6) is 2.06. The lowest BCUT2D eigenvalue weighted by Crippen LogP contribution is -2.40. The van der Waals surface area contributed by atoms with E-state index in [9.17, 15) is 4.79 Å². The molecule has 8 heteroatoms. The van der Waals surface area contributed by atoms with Crippen LogP contribution < -0.4 is 4.74 Å². The third-order valence-corrected chi connectivity index (χ3v) is 6.64. The third-order valence-electron chi connectivity index (χ3n) is 5.70. The first kappa shape index (κ1) is 19.7. The van der Waals surface area contributed by atoms with Crippen molar-refractivity contribution in [2.75, 3.05) is 20.2 Å². The number of amides is 1. The highest BCUT2D eigenvalue weighted by Gasteiger charge is 2.28. The highest BCUT2D eigenvalue weighted by molar-refractivity contribution is 7.13. The van der Waals surface area contributed by atoms with Crippen LogP contribution in [0.3, 0.4) is 0 Å². The first-order valence-electron chi connectivity index (χ1n) is 10.4. The Bertz CT molecular complexity index is 1200. The lowest BCUT2D eigenvalue weighted by atomic mass is 9.97. The number of hydrogen-bond donors (Lipinski definition) is 0. The van der Waals surface area contributed by atoms with E-state index >= 15 is 0 Å². The van der Waals surface area contributed by atoms with E-state index in [0.717, 1.165) is 52.9 Å². The van der Waals surface area contributed by atoms with Crippen molar-refractivity contribution < 1.29 is 9.53 Å². The zero-order valence-corrected chi connectivity index (χ0v) is 18.1. The lowest BCUT2D eigenvalue weighted by molar-refractivity contribution is -0.131. The minimum Gasteiger partial charge on any atom is -0.497 e. The smallest absolute Gasteiger partial charge is 0.228 e. The van der Waals surface area contributed by atoms with Gasteiger partial charge in [0, 0.05) is 36.1 Å². The fourth-order valence-electron chi connectivity index (χ4n) is 4.07. The molecule has 0 aliphatic carbocycles. The summed E-state index contributed by atoms with van der Waals surface area (Å²) in [5.41, 5.74) is 2.69. The molecule has 1 atom stereocenters. The van der Waals surface area contributed by atoms with E-state index in [1.165, 1.54) is 0 Å². The molecule has 1 amide bonds. The summed E-state index contributed by atoms with van der Waals surface area (Å²) < 4.78 is 7.24. The van der Waals surface area contributed by atoms with Gasteiger partial charge in [-0.3, -0.25) is 9.20 Å². The van der Waals surface area contributed by atoms with Crippen LogP contribution in [0.1, 0.15) is 30.3 Å². The molecule has 4 aromatic rings. The van der Waals surface area contributed by atoms with Crippen LogP contribution in [0, 0.1) is 0 Å². The quantitative estimate of drug-likeness (QED) is 0.479. The molecule has 0 bridgehead atoms. The lowest BCUT2D eigenvalue weighted by Gasteiger charge is -2.32. The number of rotatable bonds is 5. The van der Waals surface area contributed by atoms with Crippen LogP contribution in [0.2, 0.25) is 0 Å². The summed E-state index contributed by atoms with van der Waals surface area (Å²) in [5, 5.41) is 11.6. The Kier molecular flexibility index (Phi) is 5.38. The molecule has 3 aromatic heterocycles. The number of aromatic nitrogens is 4. The maximum absolute atomic E-state index is 13.0. The normalized spacial score (nSPS) is 16.5. The number of carbonyl (C=O) groups is 1. The number of carbonyl (C=O) groups excluding carboxylic acids is 1. The van der Waals surface area contributed by atoms with Gasteiger partial charge in [0.05, 0.1) is 19.2 Å². The maximum atomic E-state index is 13.0. The van der Waals surface area contributed by atoms with Crippen molar-refractivity contribution in [2.45, 2.75) is 25.2 Å². The minimum atomic E-state index is 0.116. The number of benzene rings is 1. The Morgan fingerprint density at radius 2 is 2.06 bits per heavy atom. The molecule has 0 spiro atoms. The Morgan fingerprint density at radius 3 is 2.90 bits per heavy atom. The summed E-state index contributed by atoms with van der Waals surface area (Å²) >= 11 is 1.56. The van der Waals surface area contributed by atoms with Crippen LogP contribution >= 0.6 is 11.3 Å². The zero-order valence-electron chi connectivity index (χ0n) is 17.3. The predicted molar refractivity (Wildman–Crippen MR) is 119 cm³/mol. The molecule has 1 aliphatic heterocycles. The number of pyridine rings is 1. The molecule has 0 N–H and O–H groups in total. The number of hydrogen-bond acceptors (Lipinski definition) is 6. The summed E-state index contributed by atoms with van der Waals surface area (Å²) in [6, 6.07) is 13.7. The topological polar surface area (TPSA) is 72.6 Å². The van der Waals surface area contributed by atoms with Gasteiger partial charge in [-0.1, -0.05) is 6.07 Å². The van der Waals surface area contributed by atoms with Gasteiger partial charge in [0.25, 0.3) is 0 Å². The minimum absolute atomic E-state index is 0.116. The zero-order chi connectivity index (χ0) is 21.2. The summed E-state index contributed by atoms with van der Waals surface area (Å²) in [6.45, 7) is 1.45. The van der Waals surface area contributed by atoms with Gasteiger partial charge in [0.2, 0.25) is 5.91 Å². The van der Waals surface area contributed by atoms with Gasteiger partial charge >= 0.3 is 0 Å². The van der Waals surface area contributed by atoms with Crippen molar-refractivity contribution >= 4 is 22.9 Å². The van der Waals surface area contributed by atoms with Gasteiger partial charge in [-0.2, -0.15) is 0 Å². The second-order valence-corrected chi connectivity index (χ2v) is 8.57. The molecular weight excluding hydrogens is 410 g/mol. The molecule has 7 nitrogen and oxygen atoms in total. The third kappa shape index (κ3) is 4.03. The Morgan fingerprint density at radius 1 is 1.19 bits per heavy atom. The van der Waals surface area contributed by atoms with Gasteiger partial charge in [-0.05, 0) is 49.2 Å². The fourth-order valence-corrected chi connectivity index (χ4v) is 4.90. The van der Waals surface area contributed by atoms with Crippen LogP contribution in [-0.2, 0) is 11.2 Å². The molecule has 1 aliphatic rings. The van der Waals surface area contributed by atoms with Gasteiger partial charge in [0.15, 0.2) is 5.65 Å². The number of methoxy groups -OCH3 is 1. The number of fused-ring (bicyclic) bond motifs is 1. The van der Waals surface area contributed by atoms with Gasteiger partial charge in [-0.25, -0.2) is 4.98 Å². The summed E-state index contributed by atoms with van der Waals surface area (Å²) in [4.78, 5) is 19.6. The van der Waals surface area contributed by atoms with E-state index in [4.69, 9.17) is 4.74 Å². The van der Waals surface area contributed by atoms with Crippen molar-refractivity contribution in [2.24, 2.45) is 0 Å². The molecule has 0 radical (unpaired) electrons. The van der Waals surface area contributed by atoms with E-state index in [2.05, 4.69) is 15.2 Å². The fraction of sp³-hybridized carbons (Fsp3) is 0.304. The highest BCUT2D eigenvalue weighted by atomic mass is 32.1. The second-order valence-electron chi connectivity index (χ2n) is 7.72. The molecule has 31 heavy (non-hydrogen) atoms. The predicted octanol–water partition coefficient (Wildman–Crippen LogP) is 3.81. The molecular formula is C23H23N5O2S. The van der Waals surface area contributed by atoms with E-state index in [-0.39, 0.29) is 11.8 Å². The van der Waals surface area contributed by atoms with E-state index < -0.39 is 0 Å². The van der Waals surface area contributed by atoms with Crippen LogP contribution in [0.25, 0.3) is 16.2 Å². The van der Waals surface area contributed by atoms with Crippen LogP contribution in [0.4, 0.5) is 0 Å². The maximum Gasteiger partial charge on any atom is 0.228 e. The van der Waals surface area contributed by atoms with Crippen molar-refractivity contribution in [1.29, 1.82) is 0 Å². The molecule has 5 rings (SSSR count). The van der Waals surface area contributed by atoms with E-state index in [1.54, 1.807) is 18.4 Å². The Hall–Kier alpha value is -3.26. The van der Waals surface area contributed by atoms with Crippen molar-refractivity contribution in [3.05, 3.63) is 65.6 Å². The van der Waals surface area contributed by atoms with Gasteiger partial charge < -0.3 is 9.64 Å². The largest absolute Gasteiger partial charge is 0.497 e. The SMILES string of the molecule is COc1ccc(-c2nc(CC(=O)N3CCC[C@@H](c4nnc5ccccn45)C3)cs2)cc1. The number of piperidine rings is 1. The Labute approximate surface area is 184 Å². The standard InChI is InChI=1S/C23H23N5O2S/c1-30-19-9-7-16(8-10-19)23-24-18(15-31-23)13-21(29)27-11-4-5-17(14-27)22-26-25-20-6-2-3-12-28(20)22/h2-3,6-10,12,15,17H,4-5,11,13-14H2,1H3/t17-/m1/s1. The first-order chi connectivity index (χ1) is 15.2. The molecule has 1 aromatic carbocycles. The molecule has 4 heterocycles. The van der Waals surface area contributed by atoms with Crippen molar-refractivity contribution in [1.82, 2.24) is 24.5 Å². The van der Waals surface area contributed by atoms with E-state index in [1.807, 2.05) is 63.3 Å². The van der Waals surface area contributed by atoms with Crippen LogP contribution in [-0.4, -0.2) is 50.6 Å². The number of ether oxygens (including phenoxy) is 1. The molecule has 0 unspecified atom stereocenters. The molecule has 158 valence electrons. The van der Waals surface area contributed by atoms with Crippen molar-refractivity contribution in [3.8, 4) is 16.3 Å². The average molecular weight is 434 g/mol.